The van der Waals surface area contributed by atoms with Crippen molar-refractivity contribution in [3.8, 4) is 0 Å². The molecule has 0 aliphatic carbocycles. The molecule has 0 amide bonds. The van der Waals surface area contributed by atoms with Gasteiger partial charge in [-0.3, -0.25) is 0 Å². The van der Waals surface area contributed by atoms with Crippen molar-refractivity contribution >= 4 is 50.6 Å². The molecule has 0 heterocycles. The van der Waals surface area contributed by atoms with E-state index in [1.54, 1.807) is 0 Å². The molecule has 24 valence electrons. The Hall–Kier alpha value is 2.91. The molecule has 0 aliphatic rings. The molecule has 0 rings (SSSR count). The van der Waals surface area contributed by atoms with Crippen LogP contribution in [0.15, 0.2) is 0 Å². The van der Waals surface area contributed by atoms with Gasteiger partial charge in [0.15, 0.2) is 0 Å². The molecule has 0 aromatic heterocycles. The minimum atomic E-state index is 0. The standard InChI is InChI=1S/Bi.Fe.Mo.Sb. The molecule has 0 nitrogen and oxygen atoms in total. The summed E-state index contributed by atoms with van der Waals surface area (Å²) in [4.78, 5) is 0. The molecule has 0 saturated heterocycles. The Labute approximate surface area is 87.2 Å². The van der Waals surface area contributed by atoms with Gasteiger partial charge < -0.3 is 0 Å². The summed E-state index contributed by atoms with van der Waals surface area (Å²) in [5, 5.41) is 0. The summed E-state index contributed by atoms with van der Waals surface area (Å²) < 4.78 is 0. The van der Waals surface area contributed by atoms with Crippen LogP contribution in [-0.4, -0.2) is 50.6 Å². The van der Waals surface area contributed by atoms with Gasteiger partial charge in [-0.2, -0.15) is 0 Å². The van der Waals surface area contributed by atoms with E-state index in [0.29, 0.717) is 0 Å². The van der Waals surface area contributed by atoms with Gasteiger partial charge in [0.25, 0.3) is 0 Å². The third kappa shape index (κ3) is 8.86. The van der Waals surface area contributed by atoms with Crippen molar-refractivity contribution in [2.75, 3.05) is 0 Å². The Morgan fingerprint density at radius 1 is 1.00 bits per heavy atom. The largest absolute Gasteiger partial charge is 0 e. The number of rotatable bonds is 0. The summed E-state index contributed by atoms with van der Waals surface area (Å²) in [5.74, 6) is 0. The fourth-order valence-corrected chi connectivity index (χ4v) is 0. The zero-order valence-corrected chi connectivity index (χ0v) is 10.8. The molecule has 0 unspecified atom stereocenters. The Morgan fingerprint density at radius 2 is 1.00 bits per heavy atom. The summed E-state index contributed by atoms with van der Waals surface area (Å²) in [6.45, 7) is 0. The van der Waals surface area contributed by atoms with E-state index in [2.05, 4.69) is 0 Å². The van der Waals surface area contributed by atoms with E-state index in [-0.39, 0.29) is 88.8 Å². The van der Waals surface area contributed by atoms with Gasteiger partial charge in [-0.25, -0.2) is 0 Å². The average molecular weight is 483 g/mol. The van der Waals surface area contributed by atoms with Gasteiger partial charge in [0.05, 0.1) is 0 Å². The maximum Gasteiger partial charge on any atom is 0 e. The summed E-state index contributed by atoms with van der Waals surface area (Å²) >= 11 is 0. The maximum atomic E-state index is 0. The van der Waals surface area contributed by atoms with Crippen LogP contribution in [0.4, 0.5) is 0 Å². The van der Waals surface area contributed by atoms with Crippen LogP contribution in [0.3, 0.4) is 0 Å². The van der Waals surface area contributed by atoms with Crippen molar-refractivity contribution in [1.29, 1.82) is 0 Å². The smallest absolute Gasteiger partial charge is 0 e. The van der Waals surface area contributed by atoms with Crippen LogP contribution in [0.25, 0.3) is 0 Å². The van der Waals surface area contributed by atoms with Gasteiger partial charge in [-0.1, -0.05) is 0 Å². The van der Waals surface area contributed by atoms with E-state index in [0.717, 1.165) is 0 Å². The van der Waals surface area contributed by atoms with E-state index in [9.17, 15) is 0 Å². The first-order chi connectivity index (χ1) is 0. The minimum absolute atomic E-state index is 0. The Balaban J connectivity index is 0. The van der Waals surface area contributed by atoms with Crippen molar-refractivity contribution in [1.82, 2.24) is 0 Å². The molecule has 0 aromatic rings. The second-order valence-corrected chi connectivity index (χ2v) is 0. The predicted molar refractivity (Wildman–Crippen MR) is 11.5 cm³/mol. The summed E-state index contributed by atoms with van der Waals surface area (Å²) in [6, 6.07) is 0. The van der Waals surface area contributed by atoms with Gasteiger partial charge in [0, 0.05) is 88.8 Å². The fraction of sp³-hybridized carbons (Fsp3) is 0. The molecule has 0 spiro atoms. The first kappa shape index (κ1) is 28.5. The second kappa shape index (κ2) is 16.8. The first-order valence-corrected chi connectivity index (χ1v) is 0. The monoisotopic (exact) mass is 484 g/mol. The van der Waals surface area contributed by atoms with E-state index in [1.807, 2.05) is 0 Å². The summed E-state index contributed by atoms with van der Waals surface area (Å²) in [6.07, 6.45) is 0. The molecule has 0 aromatic carbocycles. The molecule has 6 radical (unpaired) electrons. The normalized spacial score (nSPS) is 0. The summed E-state index contributed by atoms with van der Waals surface area (Å²) in [7, 11) is 0. The number of hydrogen-bond donors (Lipinski definition) is 0. The van der Waals surface area contributed by atoms with E-state index >= 15 is 0 Å². The van der Waals surface area contributed by atoms with Crippen molar-refractivity contribution in [3.05, 3.63) is 0 Å². The zero-order valence-electron chi connectivity index (χ0n) is 1.66. The van der Waals surface area contributed by atoms with E-state index in [4.69, 9.17) is 0 Å². The average Bonchev–Trinajstić information content (AvgIpc) is 0. The van der Waals surface area contributed by atoms with Crippen LogP contribution in [0.2, 0.25) is 0 Å². The van der Waals surface area contributed by atoms with Crippen LogP contribution in [0.1, 0.15) is 0 Å². The van der Waals surface area contributed by atoms with E-state index < -0.39 is 0 Å². The van der Waals surface area contributed by atoms with Crippen LogP contribution in [0, 0.1) is 0 Å². The van der Waals surface area contributed by atoms with Crippen molar-refractivity contribution in [2.45, 2.75) is 0 Å². The SMILES string of the molecule is [Bi].[Fe].[Mo].[Sb]. The first-order valence-electron chi connectivity index (χ1n) is 0. The van der Waals surface area contributed by atoms with Crippen LogP contribution in [-0.2, 0) is 38.1 Å². The minimum Gasteiger partial charge on any atom is 0 e. The van der Waals surface area contributed by atoms with Crippen molar-refractivity contribution < 1.29 is 38.1 Å². The van der Waals surface area contributed by atoms with Crippen LogP contribution in [0.5, 0.6) is 0 Å². The van der Waals surface area contributed by atoms with Crippen molar-refractivity contribution in [2.24, 2.45) is 0 Å². The molecule has 4 heavy (non-hydrogen) atoms. The molecule has 0 bridgehead atoms. The zero-order chi connectivity index (χ0) is 0. The molecular weight excluding hydrogens is 483 g/mol. The Bertz CT molecular complexity index is 8.00. The number of hydrogen-bond acceptors (Lipinski definition) is 0. The molecule has 4 heteroatoms. The maximum absolute atomic E-state index is 0. The molecule has 0 saturated carbocycles. The molecule has 0 aliphatic heterocycles. The fourth-order valence-electron chi connectivity index (χ4n) is 0. The molecular formula is BiFeMoSb. The van der Waals surface area contributed by atoms with Gasteiger partial charge in [0.1, 0.15) is 0 Å². The quantitative estimate of drug-likeness (QED) is 0.398. The Kier molecular flexibility index (Phi) is 120. The molecule has 0 atom stereocenters. The van der Waals surface area contributed by atoms with Gasteiger partial charge >= 0.3 is 0 Å². The van der Waals surface area contributed by atoms with Gasteiger partial charge in [-0.05, 0) is 0 Å². The topological polar surface area (TPSA) is 0 Å². The van der Waals surface area contributed by atoms with Crippen LogP contribution < -0.4 is 0 Å². The Morgan fingerprint density at radius 3 is 1.00 bits per heavy atom. The molecule has 0 fully saturated rings. The van der Waals surface area contributed by atoms with Gasteiger partial charge in [-0.15, -0.1) is 0 Å². The molecule has 0 N–H and O–H groups in total. The van der Waals surface area contributed by atoms with E-state index in [1.165, 1.54) is 0 Å². The third-order valence-corrected chi connectivity index (χ3v) is 0. The van der Waals surface area contributed by atoms with Crippen LogP contribution >= 0.6 is 0 Å². The van der Waals surface area contributed by atoms with Gasteiger partial charge in [0.2, 0.25) is 0 Å². The second-order valence-electron chi connectivity index (χ2n) is 0. The third-order valence-electron chi connectivity index (χ3n) is 0. The predicted octanol–water partition coefficient (Wildman–Crippen LogP) is -0.767. The van der Waals surface area contributed by atoms with Crippen molar-refractivity contribution in [3.63, 3.8) is 0 Å². The summed E-state index contributed by atoms with van der Waals surface area (Å²) in [5.41, 5.74) is 0.